The van der Waals surface area contributed by atoms with Crippen LogP contribution in [0.5, 0.6) is 0 Å². The van der Waals surface area contributed by atoms with Gasteiger partial charge in [0.05, 0.1) is 0 Å². The first-order chi connectivity index (χ1) is 6.04. The summed E-state index contributed by atoms with van der Waals surface area (Å²) < 4.78 is 36.3. The highest BCUT2D eigenvalue weighted by atomic mass is 35.5. The van der Waals surface area contributed by atoms with Gasteiger partial charge in [-0.15, -0.1) is 12.4 Å². The van der Waals surface area contributed by atoms with Crippen molar-refractivity contribution in [1.82, 2.24) is 4.98 Å². The molecule has 14 heavy (non-hydrogen) atoms. The highest BCUT2D eigenvalue weighted by Gasteiger charge is 2.32. The summed E-state index contributed by atoms with van der Waals surface area (Å²) in [6, 6.07) is 3.81. The fourth-order valence-electron chi connectivity index (χ4n) is 0.925. The third-order valence-electron chi connectivity index (χ3n) is 1.50. The molecule has 2 nitrogen and oxygen atoms in total. The largest absolute Gasteiger partial charge is 0.433 e. The smallest absolute Gasteiger partial charge is 0.330 e. The molecule has 0 saturated carbocycles. The molecule has 0 unspecified atom stereocenters. The maximum absolute atomic E-state index is 12.1. The van der Waals surface area contributed by atoms with Crippen molar-refractivity contribution in [2.45, 2.75) is 12.6 Å². The molecular weight excluding hydrogens is 217 g/mol. The van der Waals surface area contributed by atoms with Crippen LogP contribution in [-0.4, -0.2) is 11.5 Å². The van der Waals surface area contributed by atoms with Crippen molar-refractivity contribution in [3.63, 3.8) is 0 Å². The lowest BCUT2D eigenvalue weighted by Gasteiger charge is -2.06. The summed E-state index contributed by atoms with van der Waals surface area (Å²) in [4.78, 5) is 3.43. The first-order valence-electron chi connectivity index (χ1n) is 3.77. The highest BCUT2D eigenvalue weighted by molar-refractivity contribution is 5.85. The predicted molar refractivity (Wildman–Crippen MR) is 49.2 cm³/mol. The number of aromatic nitrogens is 1. The van der Waals surface area contributed by atoms with E-state index in [1.165, 1.54) is 12.1 Å². The fraction of sp³-hybridized carbons (Fsp3) is 0.375. The minimum Gasteiger partial charge on any atom is -0.330 e. The summed E-state index contributed by atoms with van der Waals surface area (Å²) >= 11 is 0. The van der Waals surface area contributed by atoms with E-state index >= 15 is 0 Å². The van der Waals surface area contributed by atoms with E-state index in [1.54, 1.807) is 0 Å². The molecule has 1 aromatic heterocycles. The van der Waals surface area contributed by atoms with E-state index in [9.17, 15) is 13.2 Å². The zero-order valence-corrected chi connectivity index (χ0v) is 8.03. The summed E-state index contributed by atoms with van der Waals surface area (Å²) in [7, 11) is 0. The second-order valence-electron chi connectivity index (χ2n) is 2.55. The molecule has 1 heterocycles. The second-order valence-corrected chi connectivity index (χ2v) is 2.55. The topological polar surface area (TPSA) is 38.9 Å². The van der Waals surface area contributed by atoms with Crippen LogP contribution < -0.4 is 5.73 Å². The molecular formula is C8H10ClF3N2. The van der Waals surface area contributed by atoms with Gasteiger partial charge in [-0.3, -0.25) is 0 Å². The number of nitrogens with two attached hydrogens (primary N) is 1. The zero-order chi connectivity index (χ0) is 9.90. The van der Waals surface area contributed by atoms with Gasteiger partial charge in [0.2, 0.25) is 0 Å². The van der Waals surface area contributed by atoms with Gasteiger partial charge in [-0.25, -0.2) is 4.98 Å². The molecule has 1 aromatic rings. The number of hydrogen-bond donors (Lipinski definition) is 1. The predicted octanol–water partition coefficient (Wildman–Crippen LogP) is 2.02. The van der Waals surface area contributed by atoms with E-state index < -0.39 is 11.9 Å². The minimum absolute atomic E-state index is 0. The molecule has 0 aliphatic rings. The number of nitrogens with zero attached hydrogens (tertiary/aromatic N) is 1. The van der Waals surface area contributed by atoms with Crippen molar-refractivity contribution < 1.29 is 13.2 Å². The maximum atomic E-state index is 12.1. The molecule has 0 atom stereocenters. The normalized spacial score (nSPS) is 10.9. The van der Waals surface area contributed by atoms with E-state index in [2.05, 4.69) is 4.98 Å². The van der Waals surface area contributed by atoms with Crippen LogP contribution in [0.4, 0.5) is 13.2 Å². The van der Waals surface area contributed by atoms with Crippen molar-refractivity contribution in [1.29, 1.82) is 0 Å². The Hall–Kier alpha value is -0.810. The van der Waals surface area contributed by atoms with E-state index in [4.69, 9.17) is 5.73 Å². The van der Waals surface area contributed by atoms with Gasteiger partial charge in [-0.2, -0.15) is 13.2 Å². The Bertz CT molecular complexity index is 288. The van der Waals surface area contributed by atoms with Crippen LogP contribution in [0.25, 0.3) is 0 Å². The number of pyridine rings is 1. The van der Waals surface area contributed by atoms with Gasteiger partial charge in [-0.05, 0) is 18.7 Å². The Morgan fingerprint density at radius 1 is 1.29 bits per heavy atom. The molecule has 1 rings (SSSR count). The molecule has 0 spiro atoms. The number of halogens is 4. The molecule has 0 bridgehead atoms. The standard InChI is InChI=1S/C8H9F3N2.ClH/c9-8(10,11)7-3-1-2-6(13-7)4-5-12;/h1-3H,4-5,12H2;1H. The van der Waals surface area contributed by atoms with Crippen LogP contribution in [0.3, 0.4) is 0 Å². The van der Waals surface area contributed by atoms with Crippen LogP contribution in [0.1, 0.15) is 11.4 Å². The molecule has 0 aliphatic carbocycles. The van der Waals surface area contributed by atoms with Gasteiger partial charge >= 0.3 is 6.18 Å². The molecule has 0 aromatic carbocycles. The lowest BCUT2D eigenvalue weighted by molar-refractivity contribution is -0.141. The Labute approximate surface area is 85.7 Å². The molecule has 0 radical (unpaired) electrons. The molecule has 2 N–H and O–H groups in total. The van der Waals surface area contributed by atoms with Crippen molar-refractivity contribution in [2.24, 2.45) is 5.73 Å². The summed E-state index contributed by atoms with van der Waals surface area (Å²) in [6.07, 6.45) is -4.01. The lowest BCUT2D eigenvalue weighted by Crippen LogP contribution is -2.11. The fourth-order valence-corrected chi connectivity index (χ4v) is 0.925. The number of alkyl halides is 3. The van der Waals surface area contributed by atoms with E-state index in [0.29, 0.717) is 18.7 Å². The van der Waals surface area contributed by atoms with Crippen molar-refractivity contribution in [2.75, 3.05) is 6.54 Å². The minimum atomic E-state index is -4.37. The molecule has 80 valence electrons. The first kappa shape index (κ1) is 13.2. The van der Waals surface area contributed by atoms with Crippen LogP contribution in [-0.2, 0) is 12.6 Å². The summed E-state index contributed by atoms with van der Waals surface area (Å²) in [6.45, 7) is 0.300. The van der Waals surface area contributed by atoms with Crippen LogP contribution in [0.15, 0.2) is 18.2 Å². The Morgan fingerprint density at radius 3 is 2.43 bits per heavy atom. The third kappa shape index (κ3) is 3.51. The molecule has 0 aliphatic heterocycles. The number of hydrogen-bond acceptors (Lipinski definition) is 2. The molecule has 6 heteroatoms. The summed E-state index contributed by atoms with van der Waals surface area (Å²) in [5, 5.41) is 0. The quantitative estimate of drug-likeness (QED) is 0.838. The van der Waals surface area contributed by atoms with Gasteiger partial charge in [0.15, 0.2) is 0 Å². The average Bonchev–Trinajstić information content (AvgIpc) is 2.04. The second kappa shape index (κ2) is 5.17. The van der Waals surface area contributed by atoms with Crippen molar-refractivity contribution in [3.8, 4) is 0 Å². The molecule has 0 fully saturated rings. The first-order valence-corrected chi connectivity index (χ1v) is 3.77. The van der Waals surface area contributed by atoms with Crippen molar-refractivity contribution >= 4 is 12.4 Å². The van der Waals surface area contributed by atoms with Crippen molar-refractivity contribution in [3.05, 3.63) is 29.6 Å². The average molecular weight is 227 g/mol. The number of rotatable bonds is 2. The van der Waals surface area contributed by atoms with E-state index in [0.717, 1.165) is 6.07 Å². The third-order valence-corrected chi connectivity index (χ3v) is 1.50. The molecule has 0 saturated heterocycles. The van der Waals surface area contributed by atoms with E-state index in [1.807, 2.05) is 0 Å². The van der Waals surface area contributed by atoms with Crippen LogP contribution in [0, 0.1) is 0 Å². The Kier molecular flexibility index (Phi) is 4.87. The highest BCUT2D eigenvalue weighted by Crippen LogP contribution is 2.27. The monoisotopic (exact) mass is 226 g/mol. The van der Waals surface area contributed by atoms with Gasteiger partial charge in [0.1, 0.15) is 5.69 Å². The van der Waals surface area contributed by atoms with Crippen LogP contribution in [0.2, 0.25) is 0 Å². The lowest BCUT2D eigenvalue weighted by atomic mass is 10.2. The summed E-state index contributed by atoms with van der Waals surface area (Å²) in [5.41, 5.74) is 4.71. The Morgan fingerprint density at radius 2 is 1.93 bits per heavy atom. The van der Waals surface area contributed by atoms with Gasteiger partial charge < -0.3 is 5.73 Å². The van der Waals surface area contributed by atoms with E-state index in [-0.39, 0.29) is 12.4 Å². The van der Waals surface area contributed by atoms with Gasteiger partial charge in [-0.1, -0.05) is 6.07 Å². The molecule has 0 amide bonds. The Balaban J connectivity index is 0.00000169. The SMILES string of the molecule is Cl.NCCc1cccc(C(F)(F)F)n1. The van der Waals surface area contributed by atoms with Crippen LogP contribution >= 0.6 is 12.4 Å². The maximum Gasteiger partial charge on any atom is 0.433 e. The van der Waals surface area contributed by atoms with Gasteiger partial charge in [0, 0.05) is 12.1 Å². The zero-order valence-electron chi connectivity index (χ0n) is 7.21. The summed E-state index contributed by atoms with van der Waals surface area (Å²) in [5.74, 6) is 0. The van der Waals surface area contributed by atoms with Gasteiger partial charge in [0.25, 0.3) is 0 Å².